The van der Waals surface area contributed by atoms with Crippen LogP contribution in [0.5, 0.6) is 11.5 Å². The normalized spacial score (nSPS) is 16.3. The third-order valence-electron chi connectivity index (χ3n) is 5.50. The van der Waals surface area contributed by atoms with Crippen molar-refractivity contribution in [3.63, 3.8) is 0 Å². The van der Waals surface area contributed by atoms with Crippen molar-refractivity contribution in [2.24, 2.45) is 0 Å². The van der Waals surface area contributed by atoms with Crippen molar-refractivity contribution in [1.29, 1.82) is 0 Å². The van der Waals surface area contributed by atoms with E-state index in [0.29, 0.717) is 43.4 Å². The quantitative estimate of drug-likeness (QED) is 0.662. The number of para-hydroxylation sites is 1. The van der Waals surface area contributed by atoms with Gasteiger partial charge in [-0.2, -0.15) is 0 Å². The predicted molar refractivity (Wildman–Crippen MR) is 115 cm³/mol. The molecule has 0 unspecified atom stereocenters. The van der Waals surface area contributed by atoms with Crippen molar-refractivity contribution in [2.45, 2.75) is 13.3 Å². The van der Waals surface area contributed by atoms with Gasteiger partial charge in [0.1, 0.15) is 13.2 Å². The molecule has 0 bridgehead atoms. The summed E-state index contributed by atoms with van der Waals surface area (Å²) in [6.07, 6.45) is 0.984. The van der Waals surface area contributed by atoms with Crippen molar-refractivity contribution in [3.8, 4) is 11.5 Å². The summed E-state index contributed by atoms with van der Waals surface area (Å²) in [5.41, 5.74) is 3.05. The Morgan fingerprint density at radius 3 is 2.66 bits per heavy atom. The zero-order valence-corrected chi connectivity index (χ0v) is 17.2. The lowest BCUT2D eigenvalue weighted by molar-refractivity contribution is 0.0745. The molecule has 0 atom stereocenters. The number of carbonyl (C=O) groups excluding carboxylic acids is 1. The van der Waals surface area contributed by atoms with E-state index in [0.717, 1.165) is 30.2 Å². The van der Waals surface area contributed by atoms with Crippen molar-refractivity contribution in [2.75, 3.05) is 44.3 Å². The summed E-state index contributed by atoms with van der Waals surface area (Å²) >= 11 is 1.74. The first-order valence-corrected chi connectivity index (χ1v) is 10.9. The Hall–Kier alpha value is -2.80. The maximum atomic E-state index is 13.0. The van der Waals surface area contributed by atoms with E-state index in [-0.39, 0.29) is 5.91 Å². The largest absolute Gasteiger partial charge is 0.486 e. The minimum absolute atomic E-state index is 0.0409. The van der Waals surface area contributed by atoms with Crippen LogP contribution in [0.3, 0.4) is 0 Å². The first-order valence-electron chi connectivity index (χ1n) is 10.1. The molecular weight excluding hydrogens is 386 g/mol. The van der Waals surface area contributed by atoms with Crippen LogP contribution < -0.4 is 14.4 Å². The van der Waals surface area contributed by atoms with Crippen LogP contribution in [0.2, 0.25) is 0 Å². The molecule has 1 fully saturated rings. The molecule has 0 aliphatic carbocycles. The Bertz CT molecular complexity index is 1060. The molecule has 1 amide bonds. The Balaban J connectivity index is 1.28. The van der Waals surface area contributed by atoms with E-state index in [1.807, 2.05) is 17.0 Å². The zero-order chi connectivity index (χ0) is 19.8. The standard InChI is InChI=1S/C22H23N3O3S/c1-2-15-4-3-5-19-20(15)23-22(29-19)25-10-8-24(9-11-25)21(26)16-6-7-17-18(14-16)28-13-12-27-17/h3-7,14H,2,8-13H2,1H3. The maximum absolute atomic E-state index is 13.0. The Kier molecular flexibility index (Phi) is 4.75. The van der Waals surface area contributed by atoms with Crippen LogP contribution in [-0.4, -0.2) is 55.2 Å². The van der Waals surface area contributed by atoms with Gasteiger partial charge in [0.05, 0.1) is 10.2 Å². The van der Waals surface area contributed by atoms with E-state index in [9.17, 15) is 4.79 Å². The van der Waals surface area contributed by atoms with Crippen LogP contribution in [0, 0.1) is 0 Å². The number of anilines is 1. The average Bonchev–Trinajstić information content (AvgIpc) is 3.23. The van der Waals surface area contributed by atoms with Crippen molar-refractivity contribution in [3.05, 3.63) is 47.5 Å². The first kappa shape index (κ1) is 18.2. The van der Waals surface area contributed by atoms with Gasteiger partial charge in [0, 0.05) is 31.7 Å². The fourth-order valence-corrected chi connectivity index (χ4v) is 4.94. The number of carbonyl (C=O) groups is 1. The summed E-state index contributed by atoms with van der Waals surface area (Å²) in [6, 6.07) is 11.8. The van der Waals surface area contributed by atoms with Gasteiger partial charge in [-0.1, -0.05) is 30.4 Å². The van der Waals surface area contributed by atoms with E-state index >= 15 is 0 Å². The summed E-state index contributed by atoms with van der Waals surface area (Å²) in [7, 11) is 0. The fourth-order valence-electron chi connectivity index (χ4n) is 3.87. The number of aryl methyl sites for hydroxylation is 1. The number of aromatic nitrogens is 1. The summed E-state index contributed by atoms with van der Waals surface area (Å²) in [5.74, 6) is 1.40. The Labute approximate surface area is 173 Å². The first-order chi connectivity index (χ1) is 14.2. The number of benzene rings is 2. The Morgan fingerprint density at radius 1 is 1.07 bits per heavy atom. The highest BCUT2D eigenvalue weighted by Gasteiger charge is 2.25. The van der Waals surface area contributed by atoms with Gasteiger partial charge in [-0.15, -0.1) is 0 Å². The van der Waals surface area contributed by atoms with Gasteiger partial charge in [0.25, 0.3) is 5.91 Å². The van der Waals surface area contributed by atoms with Gasteiger partial charge in [-0.05, 0) is 36.2 Å². The highest BCUT2D eigenvalue weighted by Crippen LogP contribution is 2.33. The van der Waals surface area contributed by atoms with Crippen LogP contribution >= 0.6 is 11.3 Å². The third kappa shape index (κ3) is 3.40. The molecule has 1 aromatic heterocycles. The van der Waals surface area contributed by atoms with Crippen molar-refractivity contribution < 1.29 is 14.3 Å². The van der Waals surface area contributed by atoms with Gasteiger partial charge in [-0.3, -0.25) is 4.79 Å². The highest BCUT2D eigenvalue weighted by molar-refractivity contribution is 7.22. The maximum Gasteiger partial charge on any atom is 0.254 e. The van der Waals surface area contributed by atoms with E-state index in [1.54, 1.807) is 17.4 Å². The van der Waals surface area contributed by atoms with Crippen LogP contribution in [0.25, 0.3) is 10.2 Å². The lowest BCUT2D eigenvalue weighted by atomic mass is 10.1. The highest BCUT2D eigenvalue weighted by atomic mass is 32.1. The van der Waals surface area contributed by atoms with E-state index < -0.39 is 0 Å². The number of nitrogens with zero attached hydrogens (tertiary/aromatic N) is 3. The molecule has 5 rings (SSSR count). The minimum Gasteiger partial charge on any atom is -0.486 e. The molecule has 0 spiro atoms. The zero-order valence-electron chi connectivity index (χ0n) is 16.4. The summed E-state index contributed by atoms with van der Waals surface area (Å²) in [6.45, 7) is 6.18. The molecule has 3 heterocycles. The van der Waals surface area contributed by atoms with Gasteiger partial charge in [0.15, 0.2) is 16.6 Å². The van der Waals surface area contributed by atoms with Crippen LogP contribution in [0.4, 0.5) is 5.13 Å². The molecule has 0 N–H and O–H groups in total. The summed E-state index contributed by atoms with van der Waals surface area (Å²) in [4.78, 5) is 22.0. The van der Waals surface area contributed by atoms with Gasteiger partial charge in [-0.25, -0.2) is 4.98 Å². The monoisotopic (exact) mass is 409 g/mol. The molecule has 2 aliphatic rings. The van der Waals surface area contributed by atoms with Gasteiger partial charge >= 0.3 is 0 Å². The molecule has 29 heavy (non-hydrogen) atoms. The number of amides is 1. The van der Waals surface area contributed by atoms with Crippen molar-refractivity contribution >= 4 is 32.6 Å². The number of thiazole rings is 1. The van der Waals surface area contributed by atoms with Gasteiger partial charge < -0.3 is 19.3 Å². The molecule has 2 aliphatic heterocycles. The van der Waals surface area contributed by atoms with E-state index in [4.69, 9.17) is 14.5 Å². The van der Waals surface area contributed by atoms with Crippen LogP contribution in [0.1, 0.15) is 22.8 Å². The molecule has 150 valence electrons. The number of rotatable bonds is 3. The minimum atomic E-state index is 0.0409. The molecule has 3 aromatic rings. The molecule has 7 heteroatoms. The topological polar surface area (TPSA) is 54.9 Å². The molecular formula is C22H23N3O3S. The number of piperazine rings is 1. The smallest absolute Gasteiger partial charge is 0.254 e. The molecule has 0 saturated carbocycles. The fraction of sp³-hybridized carbons (Fsp3) is 0.364. The lowest BCUT2D eigenvalue weighted by Gasteiger charge is -2.34. The van der Waals surface area contributed by atoms with Gasteiger partial charge in [0.2, 0.25) is 0 Å². The van der Waals surface area contributed by atoms with E-state index in [2.05, 4.69) is 30.0 Å². The second-order valence-electron chi connectivity index (χ2n) is 7.25. The predicted octanol–water partition coefficient (Wildman–Crippen LogP) is 3.59. The number of hydrogen-bond acceptors (Lipinski definition) is 6. The SMILES string of the molecule is CCc1cccc2sc(N3CCN(C(=O)c4ccc5c(c4)OCCO5)CC3)nc12. The van der Waals surface area contributed by atoms with Crippen LogP contribution in [0.15, 0.2) is 36.4 Å². The second-order valence-corrected chi connectivity index (χ2v) is 8.26. The molecule has 0 radical (unpaired) electrons. The number of ether oxygens (including phenoxy) is 2. The van der Waals surface area contributed by atoms with Crippen LogP contribution in [-0.2, 0) is 6.42 Å². The average molecular weight is 410 g/mol. The molecule has 1 saturated heterocycles. The molecule has 6 nitrogen and oxygen atoms in total. The second kappa shape index (κ2) is 7.55. The number of fused-ring (bicyclic) bond motifs is 2. The summed E-state index contributed by atoms with van der Waals surface area (Å²) < 4.78 is 12.4. The molecule has 2 aromatic carbocycles. The van der Waals surface area contributed by atoms with E-state index in [1.165, 1.54) is 10.3 Å². The summed E-state index contributed by atoms with van der Waals surface area (Å²) in [5, 5.41) is 1.05. The Morgan fingerprint density at radius 2 is 1.86 bits per heavy atom. The lowest BCUT2D eigenvalue weighted by Crippen LogP contribution is -2.48. The van der Waals surface area contributed by atoms with Crippen molar-refractivity contribution in [1.82, 2.24) is 9.88 Å². The number of hydrogen-bond donors (Lipinski definition) is 0. The third-order valence-corrected chi connectivity index (χ3v) is 6.58.